The summed E-state index contributed by atoms with van der Waals surface area (Å²) in [4.78, 5) is 13.9. The summed E-state index contributed by atoms with van der Waals surface area (Å²) < 4.78 is 5.15. The Morgan fingerprint density at radius 1 is 1.67 bits per heavy atom. The average molecular weight is 248 g/mol. The van der Waals surface area contributed by atoms with Gasteiger partial charge in [0.15, 0.2) is 0 Å². The highest BCUT2D eigenvalue weighted by Gasteiger charge is 2.26. The fourth-order valence-corrected chi connectivity index (χ4v) is 2.30. The molecule has 18 heavy (non-hydrogen) atoms. The minimum absolute atomic E-state index is 0.0387. The van der Waals surface area contributed by atoms with Crippen molar-refractivity contribution >= 4 is 12.0 Å². The predicted octanol–water partition coefficient (Wildman–Crippen LogP) is 1.74. The van der Waals surface area contributed by atoms with Crippen molar-refractivity contribution < 1.29 is 9.21 Å². The number of hydrogen-bond acceptors (Lipinski definition) is 3. The van der Waals surface area contributed by atoms with E-state index < -0.39 is 0 Å². The van der Waals surface area contributed by atoms with E-state index in [1.807, 2.05) is 11.0 Å². The Bertz CT molecular complexity index is 411. The topological polar surface area (TPSA) is 59.5 Å². The first-order valence-corrected chi connectivity index (χ1v) is 6.41. The number of carbonyl (C=O) groups excluding carboxylic acids is 1. The van der Waals surface area contributed by atoms with E-state index in [2.05, 4.69) is 6.92 Å². The maximum Gasteiger partial charge on any atom is 0.246 e. The summed E-state index contributed by atoms with van der Waals surface area (Å²) in [6.45, 7) is 4.43. The summed E-state index contributed by atoms with van der Waals surface area (Å²) in [6.07, 6.45) is 5.90. The molecule has 0 radical (unpaired) electrons. The molecule has 1 fully saturated rings. The molecule has 1 aliphatic rings. The van der Waals surface area contributed by atoms with Gasteiger partial charge in [-0.1, -0.05) is 6.92 Å². The van der Waals surface area contributed by atoms with E-state index >= 15 is 0 Å². The van der Waals surface area contributed by atoms with Crippen molar-refractivity contribution in [1.82, 2.24) is 4.90 Å². The van der Waals surface area contributed by atoms with Crippen molar-refractivity contribution in [2.45, 2.75) is 13.3 Å². The van der Waals surface area contributed by atoms with Crippen LogP contribution in [0.4, 0.5) is 0 Å². The number of furan rings is 1. The van der Waals surface area contributed by atoms with Crippen molar-refractivity contribution in [3.8, 4) is 0 Å². The Hall–Kier alpha value is -1.55. The van der Waals surface area contributed by atoms with Gasteiger partial charge in [-0.3, -0.25) is 4.79 Å². The first-order valence-electron chi connectivity index (χ1n) is 6.41. The maximum absolute atomic E-state index is 12.0. The maximum atomic E-state index is 12.0. The van der Waals surface area contributed by atoms with Crippen molar-refractivity contribution in [3.63, 3.8) is 0 Å². The average Bonchev–Trinajstić information content (AvgIpc) is 2.89. The van der Waals surface area contributed by atoms with Crippen LogP contribution in [0.25, 0.3) is 6.08 Å². The predicted molar refractivity (Wildman–Crippen MR) is 70.6 cm³/mol. The third-order valence-corrected chi connectivity index (χ3v) is 3.66. The highest BCUT2D eigenvalue weighted by atomic mass is 16.3. The Kier molecular flexibility index (Phi) is 4.20. The van der Waals surface area contributed by atoms with Gasteiger partial charge < -0.3 is 15.1 Å². The van der Waals surface area contributed by atoms with E-state index in [1.54, 1.807) is 24.5 Å². The molecule has 0 bridgehead atoms. The van der Waals surface area contributed by atoms with Crippen LogP contribution in [-0.4, -0.2) is 30.4 Å². The Balaban J connectivity index is 1.93. The van der Waals surface area contributed by atoms with Crippen LogP contribution in [0.15, 0.2) is 28.9 Å². The monoisotopic (exact) mass is 248 g/mol. The molecule has 0 saturated carbocycles. The molecular formula is C14H20N2O2. The van der Waals surface area contributed by atoms with E-state index in [4.69, 9.17) is 10.2 Å². The summed E-state index contributed by atoms with van der Waals surface area (Å²) in [5.74, 6) is 1.76. The molecule has 2 atom stereocenters. The van der Waals surface area contributed by atoms with Gasteiger partial charge in [0.05, 0.1) is 6.26 Å². The quantitative estimate of drug-likeness (QED) is 0.829. The summed E-state index contributed by atoms with van der Waals surface area (Å²) in [5.41, 5.74) is 5.74. The minimum atomic E-state index is 0.0387. The Morgan fingerprint density at radius 3 is 3.17 bits per heavy atom. The van der Waals surface area contributed by atoms with Crippen molar-refractivity contribution in [2.24, 2.45) is 17.6 Å². The molecule has 1 aromatic heterocycles. The molecule has 98 valence electrons. The second-order valence-electron chi connectivity index (χ2n) is 4.89. The summed E-state index contributed by atoms with van der Waals surface area (Å²) in [6, 6.07) is 3.63. The summed E-state index contributed by atoms with van der Waals surface area (Å²) in [5, 5.41) is 0. The van der Waals surface area contributed by atoms with Gasteiger partial charge in [-0.25, -0.2) is 0 Å². The van der Waals surface area contributed by atoms with E-state index in [1.165, 1.54) is 0 Å². The van der Waals surface area contributed by atoms with Gasteiger partial charge in [-0.2, -0.15) is 0 Å². The van der Waals surface area contributed by atoms with Crippen LogP contribution in [0.1, 0.15) is 19.1 Å². The van der Waals surface area contributed by atoms with Gasteiger partial charge in [0.1, 0.15) is 5.76 Å². The Labute approximate surface area is 107 Å². The van der Waals surface area contributed by atoms with Crippen LogP contribution < -0.4 is 5.73 Å². The minimum Gasteiger partial charge on any atom is -0.465 e. The third-order valence-electron chi connectivity index (χ3n) is 3.66. The summed E-state index contributed by atoms with van der Waals surface area (Å²) >= 11 is 0. The second-order valence-corrected chi connectivity index (χ2v) is 4.89. The molecule has 2 unspecified atom stereocenters. The van der Waals surface area contributed by atoms with Gasteiger partial charge in [-0.15, -0.1) is 0 Å². The number of hydrogen-bond donors (Lipinski definition) is 1. The highest BCUT2D eigenvalue weighted by molar-refractivity contribution is 5.91. The molecule has 0 aromatic carbocycles. The van der Waals surface area contributed by atoms with E-state index in [9.17, 15) is 4.79 Å². The van der Waals surface area contributed by atoms with Crippen LogP contribution >= 0.6 is 0 Å². The zero-order valence-corrected chi connectivity index (χ0v) is 10.7. The zero-order chi connectivity index (χ0) is 13.0. The van der Waals surface area contributed by atoms with Crippen molar-refractivity contribution in [3.05, 3.63) is 30.2 Å². The number of amides is 1. The van der Waals surface area contributed by atoms with Gasteiger partial charge >= 0.3 is 0 Å². The lowest BCUT2D eigenvalue weighted by Gasteiger charge is -2.36. The number of carbonyl (C=O) groups is 1. The molecule has 2 N–H and O–H groups in total. The second kappa shape index (κ2) is 5.87. The zero-order valence-electron chi connectivity index (χ0n) is 10.7. The number of piperidine rings is 1. The van der Waals surface area contributed by atoms with Crippen LogP contribution in [-0.2, 0) is 4.79 Å². The smallest absolute Gasteiger partial charge is 0.246 e. The molecule has 0 spiro atoms. The standard InChI is InChI=1S/C14H20N2O2/c1-11-6-7-16(10-12(11)9-15)14(17)5-4-13-3-2-8-18-13/h2-5,8,11-12H,6-7,9-10,15H2,1H3/b5-4+. The van der Waals surface area contributed by atoms with Crippen LogP contribution in [0, 0.1) is 11.8 Å². The largest absolute Gasteiger partial charge is 0.465 e. The van der Waals surface area contributed by atoms with E-state index in [-0.39, 0.29) is 5.91 Å². The molecule has 1 aromatic rings. The number of likely N-dealkylation sites (tertiary alicyclic amines) is 1. The van der Waals surface area contributed by atoms with E-state index in [0.717, 1.165) is 19.5 Å². The lowest BCUT2D eigenvalue weighted by Crippen LogP contribution is -2.44. The van der Waals surface area contributed by atoms with Crippen molar-refractivity contribution in [2.75, 3.05) is 19.6 Å². The van der Waals surface area contributed by atoms with Gasteiger partial charge in [-0.05, 0) is 43.0 Å². The number of nitrogens with two attached hydrogens (primary N) is 1. The highest BCUT2D eigenvalue weighted by Crippen LogP contribution is 2.22. The molecule has 4 heteroatoms. The fourth-order valence-electron chi connectivity index (χ4n) is 2.30. The van der Waals surface area contributed by atoms with Gasteiger partial charge in [0.25, 0.3) is 0 Å². The molecule has 0 aliphatic carbocycles. The first-order chi connectivity index (χ1) is 8.70. The first kappa shape index (κ1) is 12.9. The van der Waals surface area contributed by atoms with E-state index in [0.29, 0.717) is 24.1 Å². The molecule has 2 rings (SSSR count). The number of rotatable bonds is 3. The lowest BCUT2D eigenvalue weighted by molar-refractivity contribution is -0.128. The number of nitrogens with zero attached hydrogens (tertiary/aromatic N) is 1. The SMILES string of the molecule is CC1CCN(C(=O)/C=C/c2ccco2)CC1CN. The van der Waals surface area contributed by atoms with Crippen molar-refractivity contribution in [1.29, 1.82) is 0 Å². The van der Waals surface area contributed by atoms with Gasteiger partial charge in [0, 0.05) is 19.2 Å². The molecular weight excluding hydrogens is 228 g/mol. The molecule has 1 aliphatic heterocycles. The molecule has 4 nitrogen and oxygen atoms in total. The molecule has 1 saturated heterocycles. The molecule has 1 amide bonds. The fraction of sp³-hybridized carbons (Fsp3) is 0.500. The molecule has 2 heterocycles. The third kappa shape index (κ3) is 3.01. The van der Waals surface area contributed by atoms with Crippen LogP contribution in [0.2, 0.25) is 0 Å². The lowest BCUT2D eigenvalue weighted by atomic mass is 9.87. The Morgan fingerprint density at radius 2 is 2.50 bits per heavy atom. The van der Waals surface area contributed by atoms with Gasteiger partial charge in [0.2, 0.25) is 5.91 Å². The normalized spacial score (nSPS) is 24.7. The van der Waals surface area contributed by atoms with Crippen LogP contribution in [0.5, 0.6) is 0 Å². The van der Waals surface area contributed by atoms with Crippen LogP contribution in [0.3, 0.4) is 0 Å². The summed E-state index contributed by atoms with van der Waals surface area (Å²) in [7, 11) is 0.